The first-order valence-electron chi connectivity index (χ1n) is 12.0. The Hall–Kier alpha value is -2.85. The number of pyridine rings is 1. The molecule has 0 bridgehead atoms. The lowest BCUT2D eigenvalue weighted by Crippen LogP contribution is -2.46. The smallest absolute Gasteiger partial charge is 0.225 e. The van der Waals surface area contributed by atoms with Crippen molar-refractivity contribution in [3.05, 3.63) is 54.3 Å². The molecule has 2 fully saturated rings. The molecular formula is C25H34FN7OS. The fourth-order valence-corrected chi connectivity index (χ4v) is 5.74. The largest absolute Gasteiger partial charge is 0.405 e. The number of amides is 1. The van der Waals surface area contributed by atoms with Gasteiger partial charge in [-0.3, -0.25) is 9.69 Å². The predicted molar refractivity (Wildman–Crippen MR) is 138 cm³/mol. The number of piperidine rings is 2. The van der Waals surface area contributed by atoms with E-state index in [2.05, 4.69) is 26.0 Å². The number of halogens is 1. The van der Waals surface area contributed by atoms with Crippen LogP contribution in [0.2, 0.25) is 0 Å². The number of imidazole rings is 1. The normalized spacial score (nSPS) is 19.1. The number of nitrogens with zero attached hydrogens (tertiary/aromatic N) is 5. The van der Waals surface area contributed by atoms with E-state index in [0.717, 1.165) is 56.0 Å². The van der Waals surface area contributed by atoms with Gasteiger partial charge in [-0.05, 0) is 69.0 Å². The quantitative estimate of drug-likeness (QED) is 0.445. The highest BCUT2D eigenvalue weighted by molar-refractivity contribution is 7.98. The predicted octanol–water partition coefficient (Wildman–Crippen LogP) is 3.04. The molecule has 2 aliphatic rings. The van der Waals surface area contributed by atoms with Gasteiger partial charge in [0.2, 0.25) is 5.91 Å². The number of fused-ring (bicyclic) bond motifs is 1. The first-order chi connectivity index (χ1) is 16.9. The highest BCUT2D eigenvalue weighted by Crippen LogP contribution is 2.32. The summed E-state index contributed by atoms with van der Waals surface area (Å²) in [6.07, 6.45) is 11.8. The zero-order valence-electron chi connectivity index (χ0n) is 20.2. The molecule has 0 aliphatic carbocycles. The minimum absolute atomic E-state index is 0.0604. The second kappa shape index (κ2) is 11.3. The van der Waals surface area contributed by atoms with E-state index in [4.69, 9.17) is 11.5 Å². The van der Waals surface area contributed by atoms with Crippen LogP contribution in [0.3, 0.4) is 0 Å². The van der Waals surface area contributed by atoms with Gasteiger partial charge >= 0.3 is 0 Å². The van der Waals surface area contributed by atoms with Gasteiger partial charge in [0.05, 0.1) is 6.20 Å². The minimum Gasteiger partial charge on any atom is -0.405 e. The molecule has 0 spiro atoms. The third kappa shape index (κ3) is 5.87. The van der Waals surface area contributed by atoms with Crippen LogP contribution in [-0.2, 0) is 4.79 Å². The van der Waals surface area contributed by atoms with Crippen molar-refractivity contribution in [1.82, 2.24) is 24.3 Å². The number of carbonyl (C=O) groups excluding carboxylic acids is 1. The van der Waals surface area contributed by atoms with Gasteiger partial charge in [0.1, 0.15) is 11.3 Å². The third-order valence-corrected chi connectivity index (χ3v) is 7.47. The first kappa shape index (κ1) is 25.2. The minimum atomic E-state index is -0.380. The van der Waals surface area contributed by atoms with Crippen LogP contribution in [0, 0.1) is 11.7 Å². The van der Waals surface area contributed by atoms with Crippen LogP contribution in [0.4, 0.5) is 4.39 Å². The summed E-state index contributed by atoms with van der Waals surface area (Å²) in [6.45, 7) is 7.63. The van der Waals surface area contributed by atoms with Gasteiger partial charge in [0.25, 0.3) is 0 Å². The Bertz CT molecular complexity index is 1130. The second-order valence-electron chi connectivity index (χ2n) is 9.22. The Morgan fingerprint density at radius 1 is 1.26 bits per heavy atom. The van der Waals surface area contributed by atoms with Gasteiger partial charge in [-0.25, -0.2) is 14.4 Å². The first-order valence-corrected chi connectivity index (χ1v) is 13.2. The zero-order chi connectivity index (χ0) is 24.9. The molecule has 4 N–H and O–H groups in total. The average Bonchev–Trinajstić information content (AvgIpc) is 3.21. The maximum Gasteiger partial charge on any atom is 0.225 e. The summed E-state index contributed by atoms with van der Waals surface area (Å²) in [5.74, 6) is -0.0590. The summed E-state index contributed by atoms with van der Waals surface area (Å²) in [5.41, 5.74) is 14.1. The Balaban J connectivity index is 1.33. The lowest BCUT2D eigenvalue weighted by molar-refractivity contribution is -0.138. The van der Waals surface area contributed by atoms with Gasteiger partial charge in [0, 0.05) is 43.4 Å². The maximum atomic E-state index is 13.6. The number of hydrogen-bond acceptors (Lipinski definition) is 7. The van der Waals surface area contributed by atoms with Gasteiger partial charge in [-0.2, -0.15) is 0 Å². The van der Waals surface area contributed by atoms with Crippen LogP contribution in [0.25, 0.3) is 11.2 Å². The van der Waals surface area contributed by atoms with Crippen LogP contribution in [0.1, 0.15) is 31.7 Å². The number of thioether (sulfide) groups is 1. The molecule has 35 heavy (non-hydrogen) atoms. The highest BCUT2D eigenvalue weighted by atomic mass is 32.2. The Kier molecular flexibility index (Phi) is 8.12. The Labute approximate surface area is 209 Å². The topological polar surface area (TPSA) is 106 Å². The molecule has 10 heteroatoms. The van der Waals surface area contributed by atoms with Crippen LogP contribution in [-0.4, -0.2) is 69.2 Å². The molecule has 0 radical (unpaired) electrons. The number of likely N-dealkylation sites (tertiary alicyclic amines) is 2. The van der Waals surface area contributed by atoms with E-state index in [1.165, 1.54) is 30.2 Å². The van der Waals surface area contributed by atoms with Crippen LogP contribution in [0.5, 0.6) is 0 Å². The molecule has 4 rings (SSSR count). The number of nitrogens with two attached hydrogens (primary N) is 2. The van der Waals surface area contributed by atoms with Crippen LogP contribution < -0.4 is 11.5 Å². The van der Waals surface area contributed by atoms with E-state index in [0.29, 0.717) is 30.0 Å². The van der Waals surface area contributed by atoms with E-state index in [-0.39, 0.29) is 23.7 Å². The van der Waals surface area contributed by atoms with Gasteiger partial charge in [-0.15, -0.1) is 0 Å². The molecule has 1 amide bonds. The zero-order valence-corrected chi connectivity index (χ0v) is 21.0. The van der Waals surface area contributed by atoms with E-state index in [1.807, 2.05) is 23.3 Å². The van der Waals surface area contributed by atoms with Gasteiger partial charge < -0.3 is 20.9 Å². The van der Waals surface area contributed by atoms with E-state index >= 15 is 0 Å². The van der Waals surface area contributed by atoms with Crippen molar-refractivity contribution in [3.63, 3.8) is 0 Å². The van der Waals surface area contributed by atoms with Gasteiger partial charge in [0.15, 0.2) is 10.8 Å². The average molecular weight is 500 g/mol. The molecule has 8 nitrogen and oxygen atoms in total. The molecule has 2 aromatic heterocycles. The van der Waals surface area contributed by atoms with Crippen molar-refractivity contribution in [2.75, 3.05) is 39.0 Å². The molecule has 0 aromatic carbocycles. The van der Waals surface area contributed by atoms with Crippen molar-refractivity contribution in [2.24, 2.45) is 17.4 Å². The monoisotopic (exact) mass is 499 g/mol. The molecule has 0 unspecified atom stereocenters. The van der Waals surface area contributed by atoms with Crippen molar-refractivity contribution in [2.45, 2.75) is 36.9 Å². The Morgan fingerprint density at radius 2 is 1.97 bits per heavy atom. The number of hydrogen-bond donors (Lipinski definition) is 2. The lowest BCUT2D eigenvalue weighted by atomic mass is 9.93. The van der Waals surface area contributed by atoms with Crippen molar-refractivity contribution in [3.8, 4) is 0 Å². The number of aromatic nitrogens is 3. The molecule has 4 heterocycles. The number of allylic oxidation sites excluding steroid dienone is 1. The molecule has 2 aromatic rings. The van der Waals surface area contributed by atoms with E-state index in [1.54, 1.807) is 0 Å². The fourth-order valence-electron chi connectivity index (χ4n) is 5.12. The molecule has 2 saturated heterocycles. The summed E-state index contributed by atoms with van der Waals surface area (Å²) >= 11 is 1.54. The highest BCUT2D eigenvalue weighted by Gasteiger charge is 2.32. The lowest BCUT2D eigenvalue weighted by Gasteiger charge is -2.38. The summed E-state index contributed by atoms with van der Waals surface area (Å²) in [4.78, 5) is 26.5. The Morgan fingerprint density at radius 3 is 2.60 bits per heavy atom. The van der Waals surface area contributed by atoms with E-state index in [9.17, 15) is 9.18 Å². The van der Waals surface area contributed by atoms with Crippen molar-refractivity contribution in [1.29, 1.82) is 0 Å². The van der Waals surface area contributed by atoms with Crippen LogP contribution >= 0.6 is 11.8 Å². The fraction of sp³-hybridized carbons (Fsp3) is 0.480. The number of carbonyl (C=O) groups is 1. The SMILES string of the molecule is C=C(N)/C=C(\C=C/N)CN1CCC(C(=O)N2CCC(n3c(SC)nc4cc(F)cnc43)CC2)CC1. The molecule has 0 atom stereocenters. The molecule has 2 aliphatic heterocycles. The molecular weight excluding hydrogens is 465 g/mol. The second-order valence-corrected chi connectivity index (χ2v) is 10.00. The summed E-state index contributed by atoms with van der Waals surface area (Å²) in [7, 11) is 0. The molecule has 0 saturated carbocycles. The third-order valence-electron chi connectivity index (χ3n) is 6.81. The van der Waals surface area contributed by atoms with E-state index < -0.39 is 0 Å². The number of rotatable bonds is 7. The standard InChI is InChI=1S/C25H34FN7OS/c1-17(28)13-18(3-8-27)16-31-9-4-19(5-10-31)24(34)32-11-6-21(7-12-32)33-23-22(30-25(33)35-2)14-20(26)15-29-23/h3,8,13-15,19,21H,1,4-7,9-12,16,27-28H2,2H3/b8-3-,18-13+. The maximum absolute atomic E-state index is 13.6. The molecule has 188 valence electrons. The summed E-state index contributed by atoms with van der Waals surface area (Å²) < 4.78 is 15.7. The van der Waals surface area contributed by atoms with Crippen molar-refractivity contribution >= 4 is 28.8 Å². The van der Waals surface area contributed by atoms with Gasteiger partial charge in [-0.1, -0.05) is 18.3 Å². The summed E-state index contributed by atoms with van der Waals surface area (Å²) in [6, 6.07) is 1.63. The van der Waals surface area contributed by atoms with Crippen LogP contribution in [0.15, 0.2) is 53.6 Å². The summed E-state index contributed by atoms with van der Waals surface area (Å²) in [5, 5.41) is 0.839. The van der Waals surface area contributed by atoms with Crippen molar-refractivity contribution < 1.29 is 9.18 Å².